The minimum atomic E-state index is 0.0917. The maximum atomic E-state index is 5.60. The van der Waals surface area contributed by atoms with Crippen LogP contribution in [-0.2, 0) is 4.84 Å². The van der Waals surface area contributed by atoms with Crippen molar-refractivity contribution >= 4 is 5.69 Å². The van der Waals surface area contributed by atoms with Crippen LogP contribution in [-0.4, -0.2) is 13.1 Å². The number of hydrogen-bond donors (Lipinski definition) is 2. The first-order chi connectivity index (χ1) is 7.45. The molecule has 0 spiro atoms. The molecule has 2 aliphatic heterocycles. The predicted molar refractivity (Wildman–Crippen MR) is 59.5 cm³/mol. The second-order valence-corrected chi connectivity index (χ2v) is 3.93. The van der Waals surface area contributed by atoms with Crippen LogP contribution in [0.5, 0.6) is 0 Å². The molecule has 0 amide bonds. The Morgan fingerprint density at radius 2 is 2.20 bits per heavy atom. The molecule has 0 radical (unpaired) electrons. The third-order valence-corrected chi connectivity index (χ3v) is 2.92. The Morgan fingerprint density at radius 3 is 3.07 bits per heavy atom. The number of benzene rings is 1. The third-order valence-electron chi connectivity index (χ3n) is 2.92. The minimum Gasteiger partial charge on any atom is -0.313 e. The van der Waals surface area contributed by atoms with E-state index in [1.54, 1.807) is 0 Å². The van der Waals surface area contributed by atoms with Crippen LogP contribution in [0.15, 0.2) is 35.9 Å². The van der Waals surface area contributed by atoms with Crippen LogP contribution in [0, 0.1) is 0 Å². The highest BCUT2D eigenvalue weighted by Crippen LogP contribution is 2.37. The molecule has 3 rings (SSSR count). The molecule has 2 heterocycles. The van der Waals surface area contributed by atoms with Gasteiger partial charge in [-0.1, -0.05) is 24.3 Å². The molecule has 1 aromatic carbocycles. The van der Waals surface area contributed by atoms with Gasteiger partial charge in [0.15, 0.2) is 0 Å². The first-order valence-corrected chi connectivity index (χ1v) is 5.35. The van der Waals surface area contributed by atoms with Gasteiger partial charge >= 0.3 is 0 Å². The van der Waals surface area contributed by atoms with Crippen molar-refractivity contribution in [1.29, 1.82) is 0 Å². The molecule has 78 valence electrons. The summed E-state index contributed by atoms with van der Waals surface area (Å²) < 4.78 is 0. The summed E-state index contributed by atoms with van der Waals surface area (Å²) in [4.78, 5) is 5.60. The van der Waals surface area contributed by atoms with Gasteiger partial charge in [-0.2, -0.15) is 0 Å². The number of rotatable bonds is 1. The molecule has 3 heteroatoms. The number of para-hydroxylation sites is 1. The van der Waals surface area contributed by atoms with Crippen LogP contribution >= 0.6 is 0 Å². The Labute approximate surface area is 89.1 Å². The van der Waals surface area contributed by atoms with Gasteiger partial charge in [0.2, 0.25) is 0 Å². The second kappa shape index (κ2) is 3.68. The quantitative estimate of drug-likeness (QED) is 0.683. The van der Waals surface area contributed by atoms with Crippen LogP contribution in [0.1, 0.15) is 18.1 Å². The molecule has 2 aliphatic rings. The molecule has 0 saturated heterocycles. The monoisotopic (exact) mass is 202 g/mol. The van der Waals surface area contributed by atoms with Gasteiger partial charge in [-0.05, 0) is 24.6 Å². The minimum absolute atomic E-state index is 0.0917. The maximum Gasteiger partial charge on any atom is 0.135 e. The fraction of sp³-hybridized carbons (Fsp3) is 0.333. The van der Waals surface area contributed by atoms with Gasteiger partial charge in [0.25, 0.3) is 0 Å². The van der Waals surface area contributed by atoms with E-state index in [1.165, 1.54) is 11.1 Å². The smallest absolute Gasteiger partial charge is 0.135 e. The highest BCUT2D eigenvalue weighted by Gasteiger charge is 2.26. The molecule has 0 fully saturated rings. The second-order valence-electron chi connectivity index (χ2n) is 3.93. The van der Waals surface area contributed by atoms with E-state index >= 15 is 0 Å². The summed E-state index contributed by atoms with van der Waals surface area (Å²) >= 11 is 0. The standard InChI is InChI=1S/C12H14N2O/c1-2-6-11-10(5-1)12(15-14-11)9-4-3-7-13-8-9/h1-2,4-6,12-14H,3,7-8H2. The average molecular weight is 202 g/mol. The zero-order valence-corrected chi connectivity index (χ0v) is 8.49. The Hall–Kier alpha value is -1.32. The summed E-state index contributed by atoms with van der Waals surface area (Å²) in [5.41, 5.74) is 6.65. The number of anilines is 1. The summed E-state index contributed by atoms with van der Waals surface area (Å²) in [5, 5.41) is 3.37. The van der Waals surface area contributed by atoms with Gasteiger partial charge in [0, 0.05) is 12.1 Å². The summed E-state index contributed by atoms with van der Waals surface area (Å²) in [5.74, 6) is 0. The highest BCUT2D eigenvalue weighted by molar-refractivity contribution is 5.55. The summed E-state index contributed by atoms with van der Waals surface area (Å²) in [6.07, 6.45) is 3.47. The van der Waals surface area contributed by atoms with Gasteiger partial charge in [0.05, 0.1) is 5.69 Å². The zero-order valence-electron chi connectivity index (χ0n) is 8.49. The van der Waals surface area contributed by atoms with Crippen LogP contribution in [0.25, 0.3) is 0 Å². The highest BCUT2D eigenvalue weighted by atomic mass is 16.7. The SMILES string of the molecule is C1=C(C2ONc3ccccc32)CNCC1. The molecule has 1 atom stereocenters. The molecule has 0 aliphatic carbocycles. The van der Waals surface area contributed by atoms with Crippen LogP contribution in [0.3, 0.4) is 0 Å². The average Bonchev–Trinajstić information content (AvgIpc) is 2.74. The van der Waals surface area contributed by atoms with Crippen molar-refractivity contribution in [3.8, 4) is 0 Å². The molecule has 0 aromatic heterocycles. The molecule has 1 aromatic rings. The lowest BCUT2D eigenvalue weighted by Crippen LogP contribution is -2.25. The summed E-state index contributed by atoms with van der Waals surface area (Å²) in [7, 11) is 0. The molecule has 0 saturated carbocycles. The van der Waals surface area contributed by atoms with Gasteiger partial charge in [-0.25, -0.2) is 0 Å². The van der Waals surface area contributed by atoms with E-state index in [0.717, 1.165) is 25.2 Å². The normalized spacial score (nSPS) is 24.3. The van der Waals surface area contributed by atoms with Crippen molar-refractivity contribution in [3.05, 3.63) is 41.5 Å². The van der Waals surface area contributed by atoms with E-state index in [9.17, 15) is 0 Å². The van der Waals surface area contributed by atoms with Crippen molar-refractivity contribution in [3.63, 3.8) is 0 Å². The van der Waals surface area contributed by atoms with E-state index in [4.69, 9.17) is 4.84 Å². The first kappa shape index (κ1) is 8.95. The lowest BCUT2D eigenvalue weighted by molar-refractivity contribution is 0.147. The molecule has 15 heavy (non-hydrogen) atoms. The Kier molecular flexibility index (Phi) is 2.19. The van der Waals surface area contributed by atoms with Crippen molar-refractivity contribution in [2.24, 2.45) is 0 Å². The van der Waals surface area contributed by atoms with E-state index in [0.29, 0.717) is 0 Å². The topological polar surface area (TPSA) is 33.3 Å². The summed E-state index contributed by atoms with van der Waals surface area (Å²) in [6, 6.07) is 8.24. The predicted octanol–water partition coefficient (Wildman–Crippen LogP) is 2.00. The maximum absolute atomic E-state index is 5.60. The van der Waals surface area contributed by atoms with Crippen LogP contribution in [0.2, 0.25) is 0 Å². The van der Waals surface area contributed by atoms with E-state index in [-0.39, 0.29) is 6.10 Å². The molecule has 3 nitrogen and oxygen atoms in total. The zero-order chi connectivity index (χ0) is 10.1. The number of nitrogens with one attached hydrogen (secondary N) is 2. The number of fused-ring (bicyclic) bond motifs is 1. The third kappa shape index (κ3) is 1.54. The van der Waals surface area contributed by atoms with E-state index < -0.39 is 0 Å². The molecule has 0 bridgehead atoms. The molecule has 1 unspecified atom stereocenters. The van der Waals surface area contributed by atoms with E-state index in [1.807, 2.05) is 12.1 Å². The first-order valence-electron chi connectivity index (χ1n) is 5.35. The van der Waals surface area contributed by atoms with Crippen LogP contribution in [0.4, 0.5) is 5.69 Å². The number of hydrogen-bond acceptors (Lipinski definition) is 3. The van der Waals surface area contributed by atoms with E-state index in [2.05, 4.69) is 29.0 Å². The molecule has 2 N–H and O–H groups in total. The lowest BCUT2D eigenvalue weighted by atomic mass is 9.98. The molecular weight excluding hydrogens is 188 g/mol. The molecular formula is C12H14N2O. The Morgan fingerprint density at radius 1 is 1.27 bits per heavy atom. The van der Waals surface area contributed by atoms with Gasteiger partial charge < -0.3 is 5.32 Å². The largest absolute Gasteiger partial charge is 0.313 e. The van der Waals surface area contributed by atoms with Crippen molar-refractivity contribution < 1.29 is 4.84 Å². The van der Waals surface area contributed by atoms with Gasteiger partial charge in [-0.15, -0.1) is 0 Å². The van der Waals surface area contributed by atoms with Crippen molar-refractivity contribution in [2.75, 3.05) is 18.6 Å². The Balaban J connectivity index is 1.93. The lowest BCUT2D eigenvalue weighted by Gasteiger charge is -2.18. The van der Waals surface area contributed by atoms with Gasteiger partial charge in [-0.3, -0.25) is 10.3 Å². The Bertz CT molecular complexity index is 400. The fourth-order valence-electron chi connectivity index (χ4n) is 2.14. The van der Waals surface area contributed by atoms with Gasteiger partial charge in [0.1, 0.15) is 6.10 Å². The fourth-order valence-corrected chi connectivity index (χ4v) is 2.14. The van der Waals surface area contributed by atoms with Crippen molar-refractivity contribution in [2.45, 2.75) is 12.5 Å². The van der Waals surface area contributed by atoms with Crippen molar-refractivity contribution in [1.82, 2.24) is 5.32 Å². The van der Waals surface area contributed by atoms with Crippen LogP contribution < -0.4 is 10.8 Å². The summed E-state index contributed by atoms with van der Waals surface area (Å²) in [6.45, 7) is 2.01.